The van der Waals surface area contributed by atoms with Crippen LogP contribution < -0.4 is 5.32 Å². The third-order valence-corrected chi connectivity index (χ3v) is 1.15. The molecule has 0 aromatic rings. The molecule has 0 aliphatic heterocycles. The van der Waals surface area contributed by atoms with Gasteiger partial charge in [-0.1, -0.05) is 0 Å². The number of likely N-dealkylation sites (N-methyl/N-ethyl adjacent to an activating group) is 1. The highest BCUT2D eigenvalue weighted by molar-refractivity contribution is 5.78. The number of hydrogen-bond acceptors (Lipinski definition) is 4. The molecule has 0 spiro atoms. The maximum atomic E-state index is 10.7. The lowest BCUT2D eigenvalue weighted by Gasteiger charge is -2.18. The van der Waals surface area contributed by atoms with Gasteiger partial charge < -0.3 is 15.2 Å². The molecule has 1 unspecified atom stereocenters. The average Bonchev–Trinajstić information content (AvgIpc) is 1.86. The first kappa shape index (κ1) is 9.39. The highest BCUT2D eigenvalue weighted by Gasteiger charge is 2.29. The number of hydrogen-bond donors (Lipinski definition) is 2. The van der Waals surface area contributed by atoms with Gasteiger partial charge in [0.2, 0.25) is 0 Å². The molecule has 0 rings (SSSR count). The number of carbonyl (C=O) groups excluding carboxylic acids is 1. The Morgan fingerprint density at radius 3 is 2.60 bits per heavy atom. The SMILES string of the molecule is CNCC(C)(O)C(=O)OC. The number of carbonyl (C=O) groups is 1. The quantitative estimate of drug-likeness (QED) is 0.509. The molecule has 0 amide bonds. The zero-order valence-electron chi connectivity index (χ0n) is 6.47. The van der Waals surface area contributed by atoms with Crippen molar-refractivity contribution in [2.75, 3.05) is 20.7 Å². The minimum absolute atomic E-state index is 0.194. The van der Waals surface area contributed by atoms with E-state index in [-0.39, 0.29) is 6.54 Å². The number of rotatable bonds is 3. The number of esters is 1. The molecule has 0 saturated carbocycles. The van der Waals surface area contributed by atoms with Crippen LogP contribution in [0.2, 0.25) is 0 Å². The Morgan fingerprint density at radius 2 is 2.30 bits per heavy atom. The second kappa shape index (κ2) is 3.53. The molecule has 0 radical (unpaired) electrons. The first-order chi connectivity index (χ1) is 4.54. The fourth-order valence-corrected chi connectivity index (χ4v) is 0.636. The van der Waals surface area contributed by atoms with Gasteiger partial charge in [0.25, 0.3) is 0 Å². The summed E-state index contributed by atoms with van der Waals surface area (Å²) >= 11 is 0. The average molecular weight is 147 g/mol. The second-order valence-corrected chi connectivity index (χ2v) is 2.30. The molecule has 0 aromatic heterocycles. The summed E-state index contributed by atoms with van der Waals surface area (Å²) in [5, 5.41) is 11.9. The first-order valence-corrected chi connectivity index (χ1v) is 3.00. The van der Waals surface area contributed by atoms with Crippen LogP contribution in [0.15, 0.2) is 0 Å². The van der Waals surface area contributed by atoms with E-state index in [9.17, 15) is 9.90 Å². The van der Waals surface area contributed by atoms with Gasteiger partial charge in [0.15, 0.2) is 5.60 Å². The van der Waals surface area contributed by atoms with Crippen LogP contribution in [0.3, 0.4) is 0 Å². The van der Waals surface area contributed by atoms with Crippen LogP contribution in [0, 0.1) is 0 Å². The van der Waals surface area contributed by atoms with E-state index in [1.54, 1.807) is 7.05 Å². The molecule has 4 nitrogen and oxygen atoms in total. The van der Waals surface area contributed by atoms with E-state index in [0.717, 1.165) is 0 Å². The Morgan fingerprint density at radius 1 is 1.80 bits per heavy atom. The smallest absolute Gasteiger partial charge is 0.338 e. The molecule has 0 bridgehead atoms. The summed E-state index contributed by atoms with van der Waals surface area (Å²) in [6, 6.07) is 0. The van der Waals surface area contributed by atoms with Crippen LogP contribution >= 0.6 is 0 Å². The molecule has 0 heterocycles. The van der Waals surface area contributed by atoms with E-state index in [1.807, 2.05) is 0 Å². The minimum atomic E-state index is -1.41. The second-order valence-electron chi connectivity index (χ2n) is 2.30. The number of ether oxygens (including phenoxy) is 1. The van der Waals surface area contributed by atoms with Gasteiger partial charge in [-0.2, -0.15) is 0 Å². The van der Waals surface area contributed by atoms with Crippen LogP contribution in [-0.4, -0.2) is 37.4 Å². The third kappa shape index (κ3) is 2.33. The predicted molar refractivity (Wildman–Crippen MR) is 36.6 cm³/mol. The van der Waals surface area contributed by atoms with Crippen LogP contribution in [-0.2, 0) is 9.53 Å². The normalized spacial score (nSPS) is 16.0. The molecule has 0 aliphatic carbocycles. The van der Waals surface area contributed by atoms with Gasteiger partial charge in [-0.25, -0.2) is 4.79 Å². The molecular formula is C6H13NO3. The van der Waals surface area contributed by atoms with E-state index in [0.29, 0.717) is 0 Å². The van der Waals surface area contributed by atoms with Crippen molar-refractivity contribution in [2.24, 2.45) is 0 Å². The van der Waals surface area contributed by atoms with Crippen molar-refractivity contribution in [1.82, 2.24) is 5.32 Å². The molecular weight excluding hydrogens is 134 g/mol. The lowest BCUT2D eigenvalue weighted by Crippen LogP contribution is -2.44. The summed E-state index contributed by atoms with van der Waals surface area (Å²) in [6.45, 7) is 1.59. The topological polar surface area (TPSA) is 58.6 Å². The van der Waals surface area contributed by atoms with E-state index in [2.05, 4.69) is 10.1 Å². The standard InChI is InChI=1S/C6H13NO3/c1-6(9,4-7-2)5(8)10-3/h7,9H,4H2,1-3H3. The summed E-state index contributed by atoms with van der Waals surface area (Å²) in [5.41, 5.74) is -1.41. The molecule has 10 heavy (non-hydrogen) atoms. The van der Waals surface area contributed by atoms with Gasteiger partial charge in [0.1, 0.15) is 0 Å². The van der Waals surface area contributed by atoms with Crippen LogP contribution in [0.4, 0.5) is 0 Å². The highest BCUT2D eigenvalue weighted by atomic mass is 16.5. The summed E-state index contributed by atoms with van der Waals surface area (Å²) in [6.07, 6.45) is 0. The zero-order valence-corrected chi connectivity index (χ0v) is 6.47. The lowest BCUT2D eigenvalue weighted by atomic mass is 10.1. The Bertz CT molecular complexity index is 122. The Hall–Kier alpha value is -0.610. The Labute approximate surface area is 60.2 Å². The molecule has 2 N–H and O–H groups in total. The number of methoxy groups -OCH3 is 1. The highest BCUT2D eigenvalue weighted by Crippen LogP contribution is 2.02. The van der Waals surface area contributed by atoms with Crippen molar-refractivity contribution in [1.29, 1.82) is 0 Å². The van der Waals surface area contributed by atoms with Crippen molar-refractivity contribution >= 4 is 5.97 Å². The molecule has 0 saturated heterocycles. The molecule has 60 valence electrons. The largest absolute Gasteiger partial charge is 0.467 e. The predicted octanol–water partition coefficient (Wildman–Crippen LogP) is -0.870. The van der Waals surface area contributed by atoms with Crippen LogP contribution in [0.5, 0.6) is 0 Å². The maximum Gasteiger partial charge on any atom is 0.338 e. The molecule has 1 atom stereocenters. The van der Waals surface area contributed by atoms with E-state index < -0.39 is 11.6 Å². The van der Waals surface area contributed by atoms with E-state index in [4.69, 9.17) is 0 Å². The van der Waals surface area contributed by atoms with Crippen molar-refractivity contribution in [2.45, 2.75) is 12.5 Å². The van der Waals surface area contributed by atoms with Crippen LogP contribution in [0.25, 0.3) is 0 Å². The summed E-state index contributed by atoms with van der Waals surface area (Å²) in [7, 11) is 2.89. The molecule has 0 aliphatic rings. The van der Waals surface area contributed by atoms with Gasteiger partial charge in [-0.15, -0.1) is 0 Å². The van der Waals surface area contributed by atoms with E-state index in [1.165, 1.54) is 14.0 Å². The Kier molecular flexibility index (Phi) is 3.32. The summed E-state index contributed by atoms with van der Waals surface area (Å²) in [5.74, 6) is -0.623. The van der Waals surface area contributed by atoms with Crippen molar-refractivity contribution < 1.29 is 14.6 Å². The number of aliphatic hydroxyl groups is 1. The number of nitrogens with one attached hydrogen (secondary N) is 1. The van der Waals surface area contributed by atoms with Gasteiger partial charge in [0, 0.05) is 6.54 Å². The summed E-state index contributed by atoms with van der Waals surface area (Å²) in [4.78, 5) is 10.7. The monoisotopic (exact) mass is 147 g/mol. The van der Waals surface area contributed by atoms with Crippen molar-refractivity contribution in [3.05, 3.63) is 0 Å². The van der Waals surface area contributed by atoms with Crippen molar-refractivity contribution in [3.8, 4) is 0 Å². The van der Waals surface area contributed by atoms with Gasteiger partial charge >= 0.3 is 5.97 Å². The zero-order chi connectivity index (χ0) is 8.20. The molecule has 4 heteroatoms. The molecule has 0 fully saturated rings. The summed E-state index contributed by atoms with van der Waals surface area (Å²) < 4.78 is 4.34. The van der Waals surface area contributed by atoms with Gasteiger partial charge in [-0.05, 0) is 14.0 Å². The Balaban J connectivity index is 3.96. The maximum absolute atomic E-state index is 10.7. The van der Waals surface area contributed by atoms with Gasteiger partial charge in [-0.3, -0.25) is 0 Å². The van der Waals surface area contributed by atoms with Crippen LogP contribution in [0.1, 0.15) is 6.92 Å². The van der Waals surface area contributed by atoms with Crippen molar-refractivity contribution in [3.63, 3.8) is 0 Å². The lowest BCUT2D eigenvalue weighted by molar-refractivity contribution is -0.159. The fraction of sp³-hybridized carbons (Fsp3) is 0.833. The first-order valence-electron chi connectivity index (χ1n) is 3.00. The minimum Gasteiger partial charge on any atom is -0.467 e. The van der Waals surface area contributed by atoms with Gasteiger partial charge in [0.05, 0.1) is 7.11 Å². The fourth-order valence-electron chi connectivity index (χ4n) is 0.636. The molecule has 0 aromatic carbocycles. The van der Waals surface area contributed by atoms with E-state index >= 15 is 0 Å². The third-order valence-electron chi connectivity index (χ3n) is 1.15.